The van der Waals surface area contributed by atoms with Crippen LogP contribution in [0.3, 0.4) is 0 Å². The van der Waals surface area contributed by atoms with Crippen molar-refractivity contribution >= 4 is 5.91 Å². The molecule has 0 bridgehead atoms. The summed E-state index contributed by atoms with van der Waals surface area (Å²) in [4.78, 5) is 15.9. The first-order valence-electron chi connectivity index (χ1n) is 12.7. The van der Waals surface area contributed by atoms with E-state index in [1.165, 1.54) is 17.7 Å². The number of likely N-dealkylation sites (tertiary alicyclic amines) is 1. The first-order chi connectivity index (χ1) is 18.5. The van der Waals surface area contributed by atoms with Gasteiger partial charge >= 0.3 is 0 Å². The number of methoxy groups -OCH3 is 2. The highest BCUT2D eigenvalue weighted by atomic mass is 19.1. The molecule has 2 heterocycles. The maximum Gasteiger partial charge on any atom is 0.270 e. The van der Waals surface area contributed by atoms with E-state index in [4.69, 9.17) is 14.6 Å². The van der Waals surface area contributed by atoms with E-state index in [0.29, 0.717) is 28.6 Å². The topological polar surface area (TPSA) is 68.6 Å². The Bertz CT molecular complexity index is 1380. The molecule has 0 atom stereocenters. The lowest BCUT2D eigenvalue weighted by Crippen LogP contribution is -2.44. The van der Waals surface area contributed by atoms with Gasteiger partial charge in [-0.3, -0.25) is 9.69 Å². The summed E-state index contributed by atoms with van der Waals surface area (Å²) in [5.74, 6) is 0.652. The number of carbonyl (C=O) groups is 1. The second kappa shape index (κ2) is 11.5. The number of halogens is 1. The summed E-state index contributed by atoms with van der Waals surface area (Å²) >= 11 is 0. The van der Waals surface area contributed by atoms with Gasteiger partial charge in [0, 0.05) is 37.3 Å². The fraction of sp³-hybridized carbons (Fsp3) is 0.267. The van der Waals surface area contributed by atoms with Gasteiger partial charge in [-0.2, -0.15) is 5.10 Å². The SMILES string of the molecule is COc1ccc(-c2cc(C(=O)NC3CCN(Cc4ccccc4)CC3)n(-c3ccc(F)cc3)n2)c(OC)c1. The molecular formula is C30H31FN4O3. The van der Waals surface area contributed by atoms with E-state index >= 15 is 0 Å². The van der Waals surface area contributed by atoms with E-state index < -0.39 is 0 Å². The first-order valence-corrected chi connectivity index (χ1v) is 12.7. The lowest BCUT2D eigenvalue weighted by molar-refractivity contribution is 0.0901. The van der Waals surface area contributed by atoms with E-state index in [-0.39, 0.29) is 17.8 Å². The van der Waals surface area contributed by atoms with Crippen LogP contribution in [-0.2, 0) is 6.54 Å². The summed E-state index contributed by atoms with van der Waals surface area (Å²) in [6, 6.07) is 23.6. The van der Waals surface area contributed by atoms with Crippen LogP contribution in [0.25, 0.3) is 16.9 Å². The van der Waals surface area contributed by atoms with Crippen LogP contribution in [-0.4, -0.2) is 53.9 Å². The molecule has 5 rings (SSSR count). The van der Waals surface area contributed by atoms with Crippen molar-refractivity contribution in [3.8, 4) is 28.4 Å². The fourth-order valence-electron chi connectivity index (χ4n) is 4.80. The molecule has 1 fully saturated rings. The van der Waals surface area contributed by atoms with Crippen molar-refractivity contribution in [2.45, 2.75) is 25.4 Å². The molecule has 1 aliphatic rings. The molecule has 1 N–H and O–H groups in total. The number of hydrogen-bond donors (Lipinski definition) is 1. The summed E-state index contributed by atoms with van der Waals surface area (Å²) in [6.45, 7) is 2.72. The van der Waals surface area contributed by atoms with Gasteiger partial charge in [0.05, 0.1) is 25.6 Å². The van der Waals surface area contributed by atoms with Crippen molar-refractivity contribution in [1.82, 2.24) is 20.0 Å². The van der Waals surface area contributed by atoms with Crippen LogP contribution in [0.1, 0.15) is 28.9 Å². The Morgan fingerprint density at radius 1 is 0.974 bits per heavy atom. The number of benzene rings is 3. The number of aromatic nitrogens is 2. The smallest absolute Gasteiger partial charge is 0.270 e. The Morgan fingerprint density at radius 2 is 1.71 bits per heavy atom. The Labute approximate surface area is 221 Å². The Morgan fingerprint density at radius 3 is 2.39 bits per heavy atom. The average Bonchev–Trinajstić information content (AvgIpc) is 3.40. The van der Waals surface area contributed by atoms with Gasteiger partial charge in [0.2, 0.25) is 0 Å². The van der Waals surface area contributed by atoms with E-state index in [1.807, 2.05) is 18.2 Å². The van der Waals surface area contributed by atoms with Gasteiger partial charge in [0.1, 0.15) is 23.0 Å². The van der Waals surface area contributed by atoms with Crippen molar-refractivity contribution < 1.29 is 18.7 Å². The molecule has 0 unspecified atom stereocenters. The molecule has 38 heavy (non-hydrogen) atoms. The van der Waals surface area contributed by atoms with Gasteiger partial charge in [-0.15, -0.1) is 0 Å². The molecule has 7 nitrogen and oxygen atoms in total. The first kappa shape index (κ1) is 25.5. The zero-order valence-electron chi connectivity index (χ0n) is 21.6. The zero-order chi connectivity index (χ0) is 26.5. The minimum Gasteiger partial charge on any atom is -0.497 e. The number of hydrogen-bond acceptors (Lipinski definition) is 5. The minimum absolute atomic E-state index is 0.0602. The molecule has 0 saturated carbocycles. The third-order valence-electron chi connectivity index (χ3n) is 6.87. The third kappa shape index (κ3) is 5.70. The maximum absolute atomic E-state index is 13.6. The van der Waals surface area contributed by atoms with Crippen LogP contribution >= 0.6 is 0 Å². The monoisotopic (exact) mass is 514 g/mol. The minimum atomic E-state index is -0.355. The van der Waals surface area contributed by atoms with E-state index in [1.54, 1.807) is 43.2 Å². The highest BCUT2D eigenvalue weighted by Crippen LogP contribution is 2.33. The van der Waals surface area contributed by atoms with Gasteiger partial charge in [-0.1, -0.05) is 30.3 Å². The molecule has 1 amide bonds. The molecule has 3 aromatic carbocycles. The number of nitrogens with one attached hydrogen (secondary N) is 1. The summed E-state index contributed by atoms with van der Waals surface area (Å²) in [5.41, 5.74) is 3.54. The largest absolute Gasteiger partial charge is 0.497 e. The van der Waals surface area contributed by atoms with Gasteiger partial charge in [0.25, 0.3) is 5.91 Å². The van der Waals surface area contributed by atoms with Crippen LogP contribution < -0.4 is 14.8 Å². The molecule has 1 saturated heterocycles. The van der Waals surface area contributed by atoms with E-state index in [0.717, 1.165) is 38.0 Å². The highest BCUT2D eigenvalue weighted by Gasteiger charge is 2.25. The zero-order valence-corrected chi connectivity index (χ0v) is 21.6. The molecule has 4 aromatic rings. The molecule has 0 spiro atoms. The number of ether oxygens (including phenoxy) is 2. The van der Waals surface area contributed by atoms with Crippen LogP contribution in [0.5, 0.6) is 11.5 Å². The van der Waals surface area contributed by atoms with Crippen molar-refractivity contribution in [2.75, 3.05) is 27.3 Å². The van der Waals surface area contributed by atoms with E-state index in [2.05, 4.69) is 34.5 Å². The van der Waals surface area contributed by atoms with Crippen molar-refractivity contribution in [1.29, 1.82) is 0 Å². The number of carbonyl (C=O) groups excluding carboxylic acids is 1. The van der Waals surface area contributed by atoms with Gasteiger partial charge in [0.15, 0.2) is 0 Å². The number of amides is 1. The van der Waals surface area contributed by atoms with Gasteiger partial charge in [-0.05, 0) is 60.9 Å². The summed E-state index contributed by atoms with van der Waals surface area (Å²) in [5, 5.41) is 7.92. The normalized spacial score (nSPS) is 14.3. The Kier molecular flexibility index (Phi) is 7.70. The fourth-order valence-corrected chi connectivity index (χ4v) is 4.80. The number of nitrogens with zero attached hydrogens (tertiary/aromatic N) is 3. The molecule has 1 aliphatic heterocycles. The molecule has 8 heteroatoms. The lowest BCUT2D eigenvalue weighted by Gasteiger charge is -2.32. The van der Waals surface area contributed by atoms with Crippen LogP contribution in [0, 0.1) is 5.82 Å². The van der Waals surface area contributed by atoms with Crippen LogP contribution in [0.2, 0.25) is 0 Å². The van der Waals surface area contributed by atoms with E-state index in [9.17, 15) is 9.18 Å². The predicted molar refractivity (Wildman–Crippen MR) is 144 cm³/mol. The van der Waals surface area contributed by atoms with Crippen molar-refractivity contribution in [3.05, 3.63) is 95.9 Å². The molecule has 0 radical (unpaired) electrons. The second-order valence-corrected chi connectivity index (χ2v) is 9.38. The molecule has 196 valence electrons. The number of piperidine rings is 1. The standard InChI is InChI=1S/C30H31FN4O3/c1-37-25-12-13-26(29(18-25)38-2)27-19-28(35(33-27)24-10-8-22(31)9-11-24)30(36)32-23-14-16-34(17-15-23)20-21-6-4-3-5-7-21/h3-13,18-19,23H,14-17,20H2,1-2H3,(H,32,36). The average molecular weight is 515 g/mol. The summed E-state index contributed by atoms with van der Waals surface area (Å²) < 4.78 is 26.1. The molecule has 1 aromatic heterocycles. The third-order valence-corrected chi connectivity index (χ3v) is 6.87. The Balaban J connectivity index is 1.36. The Hall–Kier alpha value is -4.17. The van der Waals surface area contributed by atoms with Gasteiger partial charge < -0.3 is 14.8 Å². The molecule has 0 aliphatic carbocycles. The lowest BCUT2D eigenvalue weighted by atomic mass is 10.0. The van der Waals surface area contributed by atoms with Crippen LogP contribution in [0.4, 0.5) is 4.39 Å². The quantitative estimate of drug-likeness (QED) is 0.355. The van der Waals surface area contributed by atoms with Gasteiger partial charge in [-0.25, -0.2) is 9.07 Å². The van der Waals surface area contributed by atoms with Crippen molar-refractivity contribution in [2.24, 2.45) is 0 Å². The predicted octanol–water partition coefficient (Wildman–Crippen LogP) is 5.09. The summed E-state index contributed by atoms with van der Waals surface area (Å²) in [7, 11) is 3.17. The second-order valence-electron chi connectivity index (χ2n) is 9.38. The maximum atomic E-state index is 13.6. The van der Waals surface area contributed by atoms with Crippen LogP contribution in [0.15, 0.2) is 78.9 Å². The number of rotatable bonds is 8. The highest BCUT2D eigenvalue weighted by molar-refractivity contribution is 5.94. The summed E-state index contributed by atoms with van der Waals surface area (Å²) in [6.07, 6.45) is 1.73. The van der Waals surface area contributed by atoms with Crippen molar-refractivity contribution in [3.63, 3.8) is 0 Å². The molecular weight excluding hydrogens is 483 g/mol.